The molecule has 3 N–H and O–H groups in total. The van der Waals surface area contributed by atoms with E-state index in [4.69, 9.17) is 28.9 Å². The number of halogens is 2. The second-order valence-corrected chi connectivity index (χ2v) is 8.55. The average molecular weight is 394 g/mol. The minimum atomic E-state index is -3.75. The van der Waals surface area contributed by atoms with Crippen molar-refractivity contribution in [3.05, 3.63) is 27.7 Å². The number of hydrogen-bond acceptors (Lipinski definition) is 4. The van der Waals surface area contributed by atoms with Crippen LogP contribution < -0.4 is 11.1 Å². The Kier molecular flexibility index (Phi) is 6.50. The number of rotatable bonds is 5. The van der Waals surface area contributed by atoms with Crippen LogP contribution in [0.2, 0.25) is 10.0 Å². The third-order valence-electron chi connectivity index (χ3n) is 4.09. The Bertz CT molecular complexity index is 702. The molecule has 1 heterocycles. The van der Waals surface area contributed by atoms with Crippen molar-refractivity contribution >= 4 is 39.1 Å². The van der Waals surface area contributed by atoms with Gasteiger partial charge in [0.05, 0.1) is 10.8 Å². The largest absolute Gasteiger partial charge is 0.355 e. The molecular formula is C15H21Cl2N3O3S. The highest BCUT2D eigenvalue weighted by atomic mass is 35.5. The maximum Gasteiger partial charge on any atom is 0.243 e. The zero-order chi connectivity index (χ0) is 17.9. The lowest BCUT2D eigenvalue weighted by atomic mass is 9.99. The van der Waals surface area contributed by atoms with E-state index in [-0.39, 0.29) is 23.3 Å². The summed E-state index contributed by atoms with van der Waals surface area (Å²) in [5.74, 6) is -0.545. The van der Waals surface area contributed by atoms with Crippen LogP contribution >= 0.6 is 23.2 Å². The molecule has 0 spiro atoms. The number of carbonyl (C=O) groups excluding carboxylic acids is 1. The Morgan fingerprint density at radius 2 is 2.00 bits per heavy atom. The third kappa shape index (κ3) is 4.21. The molecular weight excluding hydrogens is 373 g/mol. The van der Waals surface area contributed by atoms with Gasteiger partial charge in [0, 0.05) is 36.2 Å². The highest BCUT2D eigenvalue weighted by Gasteiger charge is 2.33. The van der Waals surface area contributed by atoms with E-state index in [0.29, 0.717) is 48.1 Å². The molecule has 1 fully saturated rings. The van der Waals surface area contributed by atoms with E-state index in [0.717, 1.165) is 0 Å². The number of amides is 1. The van der Waals surface area contributed by atoms with Gasteiger partial charge in [-0.15, -0.1) is 0 Å². The van der Waals surface area contributed by atoms with Crippen molar-refractivity contribution in [2.24, 2.45) is 11.7 Å². The van der Waals surface area contributed by atoms with Crippen LogP contribution in [0.5, 0.6) is 0 Å². The first-order valence-corrected chi connectivity index (χ1v) is 9.90. The summed E-state index contributed by atoms with van der Waals surface area (Å²) in [5, 5.41) is 3.31. The van der Waals surface area contributed by atoms with E-state index in [1.54, 1.807) is 6.92 Å². The molecule has 1 amide bonds. The van der Waals surface area contributed by atoms with Crippen LogP contribution in [0.15, 0.2) is 17.0 Å². The van der Waals surface area contributed by atoms with Crippen molar-refractivity contribution in [1.29, 1.82) is 0 Å². The van der Waals surface area contributed by atoms with Gasteiger partial charge >= 0.3 is 0 Å². The van der Waals surface area contributed by atoms with Crippen molar-refractivity contribution in [2.45, 2.75) is 24.7 Å². The smallest absolute Gasteiger partial charge is 0.243 e. The van der Waals surface area contributed by atoms with E-state index >= 15 is 0 Å². The normalized spacial score (nSPS) is 19.2. The molecule has 0 aliphatic carbocycles. The molecule has 1 aliphatic heterocycles. The standard InChI is InChI=1S/C15H21Cl2N3O3S/c1-10-13(16)7-12(8-14(10)17)24(22,23)20-6-2-3-11(9-20)15(21)19-5-4-18/h7-8,11H,2-6,9,18H2,1H3,(H,19,21). The number of benzene rings is 1. The molecule has 2 rings (SSSR count). The van der Waals surface area contributed by atoms with E-state index in [1.165, 1.54) is 16.4 Å². The number of hydrogen-bond donors (Lipinski definition) is 2. The molecule has 1 saturated heterocycles. The first-order valence-electron chi connectivity index (χ1n) is 7.71. The predicted molar refractivity (Wildman–Crippen MR) is 94.7 cm³/mol. The molecule has 0 aromatic heterocycles. The van der Waals surface area contributed by atoms with Crippen LogP contribution in [0.25, 0.3) is 0 Å². The number of carbonyl (C=O) groups is 1. The number of nitrogens with zero attached hydrogens (tertiary/aromatic N) is 1. The predicted octanol–water partition coefficient (Wildman–Crippen LogP) is 1.78. The summed E-state index contributed by atoms with van der Waals surface area (Å²) in [7, 11) is -3.75. The molecule has 1 unspecified atom stereocenters. The van der Waals surface area contributed by atoms with Gasteiger partial charge in [0.1, 0.15) is 0 Å². The number of sulfonamides is 1. The molecule has 1 aliphatic rings. The fourth-order valence-corrected chi connectivity index (χ4v) is 4.83. The Morgan fingerprint density at radius 1 is 1.38 bits per heavy atom. The second-order valence-electron chi connectivity index (χ2n) is 5.79. The Balaban J connectivity index is 2.21. The van der Waals surface area contributed by atoms with Gasteiger partial charge in [-0.2, -0.15) is 4.31 Å². The zero-order valence-electron chi connectivity index (χ0n) is 13.4. The molecule has 0 bridgehead atoms. The SMILES string of the molecule is Cc1c(Cl)cc(S(=O)(=O)N2CCCC(C(=O)NCCN)C2)cc1Cl. The number of piperidine rings is 1. The fraction of sp³-hybridized carbons (Fsp3) is 0.533. The van der Waals surface area contributed by atoms with Gasteiger partial charge in [-0.25, -0.2) is 8.42 Å². The van der Waals surface area contributed by atoms with Crippen molar-refractivity contribution in [1.82, 2.24) is 9.62 Å². The lowest BCUT2D eigenvalue weighted by molar-refractivity contribution is -0.126. The fourth-order valence-electron chi connectivity index (χ4n) is 2.63. The van der Waals surface area contributed by atoms with E-state index in [1.807, 2.05) is 0 Å². The third-order valence-corrected chi connectivity index (χ3v) is 6.72. The maximum atomic E-state index is 12.8. The lowest BCUT2D eigenvalue weighted by Crippen LogP contribution is -2.46. The lowest BCUT2D eigenvalue weighted by Gasteiger charge is -2.31. The molecule has 24 heavy (non-hydrogen) atoms. The summed E-state index contributed by atoms with van der Waals surface area (Å²) in [5.41, 5.74) is 6.01. The first kappa shape index (κ1) is 19.5. The number of nitrogens with one attached hydrogen (secondary N) is 1. The van der Waals surface area contributed by atoms with Crippen LogP contribution in [0, 0.1) is 12.8 Å². The molecule has 6 nitrogen and oxygen atoms in total. The summed E-state index contributed by atoms with van der Waals surface area (Å²) in [4.78, 5) is 12.1. The van der Waals surface area contributed by atoms with Gasteiger partial charge in [0.15, 0.2) is 0 Å². The molecule has 134 valence electrons. The zero-order valence-corrected chi connectivity index (χ0v) is 15.7. The van der Waals surface area contributed by atoms with Crippen molar-refractivity contribution in [3.63, 3.8) is 0 Å². The first-order chi connectivity index (χ1) is 11.3. The summed E-state index contributed by atoms with van der Waals surface area (Å²) >= 11 is 12.1. The van der Waals surface area contributed by atoms with E-state index < -0.39 is 10.0 Å². The molecule has 1 aromatic carbocycles. The molecule has 9 heteroatoms. The minimum Gasteiger partial charge on any atom is -0.355 e. The summed E-state index contributed by atoms with van der Waals surface area (Å²) < 4.78 is 27.0. The Labute approximate surface area is 152 Å². The van der Waals surface area contributed by atoms with Crippen LogP contribution in [-0.4, -0.2) is 44.8 Å². The van der Waals surface area contributed by atoms with E-state index in [9.17, 15) is 13.2 Å². The topological polar surface area (TPSA) is 92.5 Å². The molecule has 0 saturated carbocycles. The second kappa shape index (κ2) is 8.01. The Morgan fingerprint density at radius 3 is 2.58 bits per heavy atom. The molecule has 1 aromatic rings. The van der Waals surface area contributed by atoms with Gasteiger partial charge in [0.25, 0.3) is 0 Å². The highest BCUT2D eigenvalue weighted by Crippen LogP contribution is 2.31. The summed E-state index contributed by atoms with van der Waals surface area (Å²) in [6, 6.07) is 2.80. The Hall–Kier alpha value is -0.860. The van der Waals surface area contributed by atoms with Crippen LogP contribution in [0.3, 0.4) is 0 Å². The summed E-state index contributed by atoms with van der Waals surface area (Å²) in [6.07, 6.45) is 1.27. The van der Waals surface area contributed by atoms with E-state index in [2.05, 4.69) is 5.32 Å². The van der Waals surface area contributed by atoms with Crippen molar-refractivity contribution < 1.29 is 13.2 Å². The van der Waals surface area contributed by atoms with Crippen LogP contribution in [0.4, 0.5) is 0 Å². The number of nitrogens with two attached hydrogens (primary N) is 1. The van der Waals surface area contributed by atoms with Crippen molar-refractivity contribution in [2.75, 3.05) is 26.2 Å². The highest BCUT2D eigenvalue weighted by molar-refractivity contribution is 7.89. The summed E-state index contributed by atoms with van der Waals surface area (Å²) in [6.45, 7) is 2.96. The van der Waals surface area contributed by atoms with Gasteiger partial charge in [-0.1, -0.05) is 23.2 Å². The minimum absolute atomic E-state index is 0.0473. The van der Waals surface area contributed by atoms with Gasteiger partial charge in [-0.3, -0.25) is 4.79 Å². The van der Waals surface area contributed by atoms with Crippen LogP contribution in [0.1, 0.15) is 18.4 Å². The van der Waals surface area contributed by atoms with Gasteiger partial charge in [-0.05, 0) is 37.5 Å². The van der Waals surface area contributed by atoms with Crippen LogP contribution in [-0.2, 0) is 14.8 Å². The monoisotopic (exact) mass is 393 g/mol. The molecule has 1 atom stereocenters. The average Bonchev–Trinajstić information content (AvgIpc) is 2.57. The van der Waals surface area contributed by atoms with Gasteiger partial charge < -0.3 is 11.1 Å². The van der Waals surface area contributed by atoms with Crippen molar-refractivity contribution in [3.8, 4) is 0 Å². The van der Waals surface area contributed by atoms with Gasteiger partial charge in [0.2, 0.25) is 15.9 Å². The molecule has 0 radical (unpaired) electrons. The quantitative estimate of drug-likeness (QED) is 0.796. The maximum absolute atomic E-state index is 12.8.